The lowest BCUT2D eigenvalue weighted by atomic mass is 9.99. The van der Waals surface area contributed by atoms with E-state index < -0.39 is 18.2 Å². The minimum absolute atomic E-state index is 0.141. The van der Waals surface area contributed by atoms with E-state index in [0.717, 1.165) is 11.1 Å². The fourth-order valence-electron chi connectivity index (χ4n) is 6.10. The Kier molecular flexibility index (Phi) is 8.36. The van der Waals surface area contributed by atoms with Gasteiger partial charge in [0.2, 0.25) is 5.91 Å². The average molecular weight is 573 g/mol. The van der Waals surface area contributed by atoms with Crippen LogP contribution in [0.5, 0.6) is 11.5 Å². The first-order chi connectivity index (χ1) is 20.4. The fraction of sp³-hybridized carbons (Fsp3) is 0.406. The highest BCUT2D eigenvalue weighted by molar-refractivity contribution is 5.98. The third-order valence-corrected chi connectivity index (χ3v) is 8.40. The molecule has 4 N–H and O–H groups in total. The Labute approximate surface area is 244 Å². The highest BCUT2D eigenvalue weighted by Gasteiger charge is 2.39. The van der Waals surface area contributed by atoms with Gasteiger partial charge in [-0.1, -0.05) is 24.3 Å². The van der Waals surface area contributed by atoms with Crippen LogP contribution < -0.4 is 15.4 Å². The second-order valence-electron chi connectivity index (χ2n) is 11.3. The number of phenols is 1. The Morgan fingerprint density at radius 2 is 1.83 bits per heavy atom. The van der Waals surface area contributed by atoms with Crippen molar-refractivity contribution in [2.24, 2.45) is 0 Å². The number of amides is 2. The molecule has 2 fully saturated rings. The minimum Gasteiger partial charge on any atom is -0.508 e. The average Bonchev–Trinajstić information content (AvgIpc) is 3.40. The maximum Gasteiger partial charge on any atom is 0.255 e. The number of phenolic OH excluding ortho intramolecular Hbond substituents is 1. The van der Waals surface area contributed by atoms with Crippen LogP contribution in [0.1, 0.15) is 41.6 Å². The summed E-state index contributed by atoms with van der Waals surface area (Å²) in [6.45, 7) is 1.29. The molecular weight excluding hydrogens is 536 g/mol. The van der Waals surface area contributed by atoms with E-state index in [2.05, 4.69) is 15.6 Å². The molecule has 3 aromatic rings. The number of carbonyl (C=O) groups is 2. The molecule has 10 nitrogen and oxygen atoms in total. The van der Waals surface area contributed by atoms with Gasteiger partial charge in [-0.3, -0.25) is 19.5 Å². The van der Waals surface area contributed by atoms with Crippen molar-refractivity contribution in [1.29, 1.82) is 0 Å². The summed E-state index contributed by atoms with van der Waals surface area (Å²) in [6, 6.07) is 15.5. The number of pyridine rings is 1. The van der Waals surface area contributed by atoms with Crippen molar-refractivity contribution in [2.75, 3.05) is 19.7 Å². The Bertz CT molecular complexity index is 1420. The van der Waals surface area contributed by atoms with Gasteiger partial charge >= 0.3 is 0 Å². The van der Waals surface area contributed by atoms with Gasteiger partial charge in [0.1, 0.15) is 17.6 Å². The Morgan fingerprint density at radius 3 is 2.67 bits per heavy atom. The molecule has 4 bridgehead atoms. The summed E-state index contributed by atoms with van der Waals surface area (Å²) in [5, 5.41) is 27.1. The monoisotopic (exact) mass is 572 g/mol. The standard InChI is InChI=1S/C32H36N4O6/c37-27-4-2-1-3-22(27)18-36-19-23-16-26(36)32(40)34-17-30-28(38)8-6-24(42-30)11-14-41-29-15-21(20-9-12-33-13-10-20)5-7-25(29)31(39)35-23/h1-5,7,9-10,12-13,15,23-24,26,28,30,37-38H,6,8,11,14,16-19H2,(H,34,40)(H,35,39)/t23-,24-,26-,28-,30+/m0/s1. The normalized spacial score (nSPS) is 26.9. The zero-order valence-corrected chi connectivity index (χ0v) is 23.3. The second-order valence-corrected chi connectivity index (χ2v) is 11.3. The van der Waals surface area contributed by atoms with E-state index >= 15 is 0 Å². The molecule has 0 saturated carbocycles. The van der Waals surface area contributed by atoms with Crippen molar-refractivity contribution in [1.82, 2.24) is 20.5 Å². The predicted molar refractivity (Wildman–Crippen MR) is 155 cm³/mol. The summed E-state index contributed by atoms with van der Waals surface area (Å²) in [7, 11) is 0. The fourth-order valence-corrected chi connectivity index (χ4v) is 6.10. The number of aliphatic hydroxyl groups is 1. The van der Waals surface area contributed by atoms with Crippen LogP contribution in [-0.4, -0.2) is 82.0 Å². The number of rotatable bonds is 3. The molecule has 10 heteroatoms. The van der Waals surface area contributed by atoms with Crippen LogP contribution in [0.2, 0.25) is 0 Å². The van der Waals surface area contributed by atoms with Crippen LogP contribution in [-0.2, 0) is 16.1 Å². The number of hydrogen-bond donors (Lipinski definition) is 4. The molecule has 0 aliphatic carbocycles. The maximum atomic E-state index is 13.6. The molecule has 6 rings (SSSR count). The predicted octanol–water partition coefficient (Wildman–Crippen LogP) is 2.63. The number of nitrogens with zero attached hydrogens (tertiary/aromatic N) is 2. The maximum absolute atomic E-state index is 13.6. The molecule has 2 saturated heterocycles. The van der Waals surface area contributed by atoms with Crippen molar-refractivity contribution < 1.29 is 29.3 Å². The van der Waals surface area contributed by atoms with Crippen molar-refractivity contribution in [3.05, 3.63) is 78.1 Å². The molecule has 4 heterocycles. The molecule has 220 valence electrons. The van der Waals surface area contributed by atoms with Crippen LogP contribution in [0.4, 0.5) is 0 Å². The number of aromatic nitrogens is 1. The number of para-hydroxylation sites is 1. The zero-order valence-electron chi connectivity index (χ0n) is 23.3. The molecule has 2 aromatic carbocycles. The quantitative estimate of drug-likeness (QED) is 0.377. The van der Waals surface area contributed by atoms with E-state index in [-0.39, 0.29) is 36.3 Å². The van der Waals surface area contributed by atoms with E-state index in [9.17, 15) is 19.8 Å². The second kappa shape index (κ2) is 12.5. The van der Waals surface area contributed by atoms with Crippen LogP contribution in [0, 0.1) is 0 Å². The van der Waals surface area contributed by atoms with Crippen molar-refractivity contribution in [3.63, 3.8) is 0 Å². The molecule has 2 amide bonds. The molecule has 42 heavy (non-hydrogen) atoms. The van der Waals surface area contributed by atoms with Crippen LogP contribution >= 0.6 is 0 Å². The summed E-state index contributed by atoms with van der Waals surface area (Å²) in [6.07, 6.45) is 4.34. The number of fused-ring (bicyclic) bond motifs is 5. The van der Waals surface area contributed by atoms with E-state index in [1.54, 1.807) is 30.6 Å². The zero-order chi connectivity index (χ0) is 29.1. The summed E-state index contributed by atoms with van der Waals surface area (Å²) in [4.78, 5) is 33.2. The van der Waals surface area contributed by atoms with Crippen molar-refractivity contribution >= 4 is 11.8 Å². The number of ether oxygens (including phenoxy) is 2. The lowest BCUT2D eigenvalue weighted by Gasteiger charge is -2.34. The van der Waals surface area contributed by atoms with E-state index in [4.69, 9.17) is 9.47 Å². The molecule has 3 aliphatic rings. The van der Waals surface area contributed by atoms with Gasteiger partial charge in [-0.2, -0.15) is 0 Å². The number of hydrogen-bond acceptors (Lipinski definition) is 8. The molecular formula is C32H36N4O6. The van der Waals surface area contributed by atoms with Gasteiger partial charge in [-0.15, -0.1) is 0 Å². The lowest BCUT2D eigenvalue weighted by Crippen LogP contribution is -2.50. The van der Waals surface area contributed by atoms with Gasteiger partial charge in [0, 0.05) is 50.1 Å². The summed E-state index contributed by atoms with van der Waals surface area (Å²) >= 11 is 0. The van der Waals surface area contributed by atoms with Gasteiger partial charge in [0.05, 0.1) is 30.4 Å². The third-order valence-electron chi connectivity index (χ3n) is 8.40. The van der Waals surface area contributed by atoms with Crippen molar-refractivity contribution in [3.8, 4) is 22.6 Å². The summed E-state index contributed by atoms with van der Waals surface area (Å²) in [5.41, 5.74) is 2.98. The van der Waals surface area contributed by atoms with E-state index in [0.29, 0.717) is 62.3 Å². The Balaban J connectivity index is 1.30. The SMILES string of the molecule is O=C1N[C@H]2C[C@@H](C(=O)NC[C@H]3O[C@H](CCOc4cc(-c5ccncc5)ccc41)CC[C@@H]3O)N(Cc1ccccc1O)C2. The van der Waals surface area contributed by atoms with Crippen molar-refractivity contribution in [2.45, 2.75) is 62.6 Å². The van der Waals surface area contributed by atoms with Crippen LogP contribution in [0.15, 0.2) is 67.0 Å². The third kappa shape index (κ3) is 6.25. The number of nitrogens with one attached hydrogen (secondary N) is 2. The topological polar surface area (TPSA) is 133 Å². The minimum atomic E-state index is -0.669. The highest BCUT2D eigenvalue weighted by atomic mass is 16.5. The van der Waals surface area contributed by atoms with Gasteiger partial charge in [0.15, 0.2) is 0 Å². The van der Waals surface area contributed by atoms with Crippen LogP contribution in [0.25, 0.3) is 11.1 Å². The van der Waals surface area contributed by atoms with E-state index in [1.165, 1.54) is 0 Å². The number of aliphatic hydroxyl groups excluding tert-OH is 1. The Morgan fingerprint density at radius 1 is 1.00 bits per heavy atom. The van der Waals surface area contributed by atoms with Gasteiger partial charge in [-0.05, 0) is 60.7 Å². The first kappa shape index (κ1) is 28.1. The molecule has 5 atom stereocenters. The largest absolute Gasteiger partial charge is 0.508 e. The molecule has 3 aliphatic heterocycles. The molecule has 0 spiro atoms. The van der Waals surface area contributed by atoms with E-state index in [1.807, 2.05) is 41.3 Å². The first-order valence-electron chi connectivity index (χ1n) is 14.5. The molecule has 0 radical (unpaired) electrons. The molecule has 1 aromatic heterocycles. The number of aromatic hydroxyl groups is 1. The molecule has 0 unspecified atom stereocenters. The number of likely N-dealkylation sites (tertiary alicyclic amines) is 1. The smallest absolute Gasteiger partial charge is 0.255 e. The summed E-state index contributed by atoms with van der Waals surface area (Å²) in [5.74, 6) is 0.157. The lowest BCUT2D eigenvalue weighted by molar-refractivity contribution is -0.133. The highest BCUT2D eigenvalue weighted by Crippen LogP contribution is 2.30. The number of benzene rings is 2. The number of carbonyl (C=O) groups excluding carboxylic acids is 2. The first-order valence-corrected chi connectivity index (χ1v) is 14.5. The summed E-state index contributed by atoms with van der Waals surface area (Å²) < 4.78 is 12.4. The van der Waals surface area contributed by atoms with Gasteiger partial charge < -0.3 is 30.3 Å². The van der Waals surface area contributed by atoms with Gasteiger partial charge in [-0.25, -0.2) is 0 Å². The Hall–Kier alpha value is -3.99. The van der Waals surface area contributed by atoms with Gasteiger partial charge in [0.25, 0.3) is 5.91 Å². The van der Waals surface area contributed by atoms with Crippen LogP contribution in [0.3, 0.4) is 0 Å².